The first-order valence-electron chi connectivity index (χ1n) is 10.8. The van der Waals surface area contributed by atoms with Crippen molar-refractivity contribution in [2.45, 2.75) is 31.7 Å². The van der Waals surface area contributed by atoms with Crippen LogP contribution in [0.2, 0.25) is 0 Å². The van der Waals surface area contributed by atoms with Gasteiger partial charge in [0, 0.05) is 24.9 Å². The lowest BCUT2D eigenvalue weighted by Crippen LogP contribution is -2.36. The van der Waals surface area contributed by atoms with Crippen LogP contribution in [0.4, 0.5) is 5.69 Å². The normalized spacial score (nSPS) is 16.7. The number of ketones is 1. The summed E-state index contributed by atoms with van der Waals surface area (Å²) in [6, 6.07) is 15.3. The highest BCUT2D eigenvalue weighted by Gasteiger charge is 2.24. The van der Waals surface area contributed by atoms with E-state index in [-0.39, 0.29) is 43.1 Å². The van der Waals surface area contributed by atoms with Gasteiger partial charge in [0.05, 0.1) is 11.7 Å². The second-order valence-corrected chi connectivity index (χ2v) is 7.94. The van der Waals surface area contributed by atoms with E-state index in [1.807, 2.05) is 18.2 Å². The van der Waals surface area contributed by atoms with Gasteiger partial charge in [-0.3, -0.25) is 19.3 Å². The van der Waals surface area contributed by atoms with Gasteiger partial charge in [0.25, 0.3) is 5.91 Å². The summed E-state index contributed by atoms with van der Waals surface area (Å²) < 4.78 is 5.31. The zero-order valence-corrected chi connectivity index (χ0v) is 17.4. The number of amides is 2. The third kappa shape index (κ3) is 5.30. The number of nitrogens with zero attached hydrogens (tertiary/aromatic N) is 1. The summed E-state index contributed by atoms with van der Waals surface area (Å²) in [5.74, 6) is 0.0187. The van der Waals surface area contributed by atoms with Crippen LogP contribution < -0.4 is 15.4 Å². The summed E-state index contributed by atoms with van der Waals surface area (Å²) in [7, 11) is 0. The van der Waals surface area contributed by atoms with Crippen LogP contribution in [-0.2, 0) is 9.59 Å². The molecule has 7 heteroatoms. The van der Waals surface area contributed by atoms with Gasteiger partial charge < -0.3 is 15.4 Å². The van der Waals surface area contributed by atoms with Gasteiger partial charge in [0.2, 0.25) is 5.91 Å². The molecule has 2 aromatic rings. The molecule has 1 unspecified atom stereocenters. The lowest BCUT2D eigenvalue weighted by Gasteiger charge is -2.28. The molecule has 1 fully saturated rings. The molecule has 1 saturated heterocycles. The fourth-order valence-corrected chi connectivity index (χ4v) is 4.11. The molecule has 7 nitrogen and oxygen atoms in total. The third-order valence-electron chi connectivity index (χ3n) is 5.77. The Kier molecular flexibility index (Phi) is 6.62. The van der Waals surface area contributed by atoms with Gasteiger partial charge in [0.15, 0.2) is 12.4 Å². The van der Waals surface area contributed by atoms with E-state index in [1.165, 1.54) is 18.4 Å². The van der Waals surface area contributed by atoms with Crippen LogP contribution in [0, 0.1) is 0 Å². The number of benzene rings is 2. The van der Waals surface area contributed by atoms with E-state index in [0.717, 1.165) is 13.1 Å². The molecule has 0 spiro atoms. The van der Waals surface area contributed by atoms with Crippen LogP contribution in [0.25, 0.3) is 0 Å². The fraction of sp³-hybridized carbons (Fsp3) is 0.375. The molecule has 162 valence electrons. The Balaban J connectivity index is 1.31. The van der Waals surface area contributed by atoms with Gasteiger partial charge in [-0.15, -0.1) is 0 Å². The van der Waals surface area contributed by atoms with Gasteiger partial charge in [-0.05, 0) is 49.7 Å². The summed E-state index contributed by atoms with van der Waals surface area (Å²) in [6.07, 6.45) is 2.59. The smallest absolute Gasteiger partial charge is 0.262 e. The summed E-state index contributed by atoms with van der Waals surface area (Å²) in [5, 5.41) is 5.71. The number of ether oxygens (including phenoxy) is 1. The largest absolute Gasteiger partial charge is 0.482 e. The number of carbonyl (C=O) groups is 3. The zero-order valence-electron chi connectivity index (χ0n) is 17.4. The zero-order chi connectivity index (χ0) is 21.6. The van der Waals surface area contributed by atoms with Gasteiger partial charge in [0.1, 0.15) is 5.75 Å². The summed E-state index contributed by atoms with van der Waals surface area (Å²) >= 11 is 0. The Hall–Kier alpha value is -3.19. The molecule has 4 rings (SSSR count). The molecule has 2 amide bonds. The van der Waals surface area contributed by atoms with Crippen LogP contribution in [0.5, 0.6) is 5.75 Å². The van der Waals surface area contributed by atoms with E-state index >= 15 is 0 Å². The molecule has 0 aromatic heterocycles. The molecular weight excluding hydrogens is 394 g/mol. The molecule has 0 radical (unpaired) electrons. The molecule has 2 N–H and O–H groups in total. The van der Waals surface area contributed by atoms with Crippen LogP contribution in [0.15, 0.2) is 48.5 Å². The first-order chi connectivity index (χ1) is 15.1. The predicted octanol–water partition coefficient (Wildman–Crippen LogP) is 2.93. The summed E-state index contributed by atoms with van der Waals surface area (Å²) in [5.41, 5.74) is 2.14. The minimum atomic E-state index is -0.248. The standard InChI is InChI=1S/C24H27N3O4/c28-21(18-8-10-22-19(14-18)26-24(30)16-31-22)9-11-23(29)25-15-20(27-12-4-5-13-27)17-6-2-1-3-7-17/h1-3,6-8,10,14,20H,4-5,9,11-13,15-16H2,(H,25,29)(H,26,30). The minimum absolute atomic E-state index is 0.0259. The molecule has 0 bridgehead atoms. The quantitative estimate of drug-likeness (QED) is 0.640. The van der Waals surface area contributed by atoms with Crippen molar-refractivity contribution in [1.82, 2.24) is 10.2 Å². The molecule has 1 atom stereocenters. The van der Waals surface area contributed by atoms with E-state index in [9.17, 15) is 14.4 Å². The molecule has 2 aromatic carbocycles. The molecule has 0 saturated carbocycles. The van der Waals surface area contributed by atoms with Crippen LogP contribution in [0.1, 0.15) is 47.6 Å². The van der Waals surface area contributed by atoms with Crippen molar-refractivity contribution >= 4 is 23.3 Å². The lowest BCUT2D eigenvalue weighted by atomic mass is 10.0. The average Bonchev–Trinajstić information content (AvgIpc) is 3.32. The maximum absolute atomic E-state index is 12.5. The number of hydrogen-bond acceptors (Lipinski definition) is 5. The van der Waals surface area contributed by atoms with Crippen molar-refractivity contribution < 1.29 is 19.1 Å². The lowest BCUT2D eigenvalue weighted by molar-refractivity contribution is -0.121. The molecule has 0 aliphatic carbocycles. The Labute approximate surface area is 181 Å². The van der Waals surface area contributed by atoms with E-state index in [0.29, 0.717) is 23.5 Å². The molecule has 2 aliphatic rings. The van der Waals surface area contributed by atoms with Crippen LogP contribution >= 0.6 is 0 Å². The number of fused-ring (bicyclic) bond motifs is 1. The van der Waals surface area contributed by atoms with Gasteiger partial charge in [-0.2, -0.15) is 0 Å². The highest BCUT2D eigenvalue weighted by Crippen LogP contribution is 2.29. The topological polar surface area (TPSA) is 87.7 Å². The number of carbonyl (C=O) groups excluding carboxylic acids is 3. The van der Waals surface area contributed by atoms with Crippen LogP contribution in [0.3, 0.4) is 0 Å². The maximum Gasteiger partial charge on any atom is 0.262 e. The third-order valence-corrected chi connectivity index (χ3v) is 5.77. The van der Waals surface area contributed by atoms with Crippen molar-refractivity contribution in [1.29, 1.82) is 0 Å². The van der Waals surface area contributed by atoms with Crippen molar-refractivity contribution in [2.75, 3.05) is 31.6 Å². The monoisotopic (exact) mass is 421 g/mol. The number of anilines is 1. The highest BCUT2D eigenvalue weighted by atomic mass is 16.5. The first-order valence-corrected chi connectivity index (χ1v) is 10.8. The molecule has 2 aliphatic heterocycles. The number of likely N-dealkylation sites (tertiary alicyclic amines) is 1. The maximum atomic E-state index is 12.5. The average molecular weight is 421 g/mol. The van der Waals surface area contributed by atoms with E-state index in [4.69, 9.17) is 4.74 Å². The molecule has 31 heavy (non-hydrogen) atoms. The summed E-state index contributed by atoms with van der Waals surface area (Å²) in [4.78, 5) is 38.9. The number of nitrogens with one attached hydrogen (secondary N) is 2. The second-order valence-electron chi connectivity index (χ2n) is 7.94. The fourth-order valence-electron chi connectivity index (χ4n) is 4.11. The highest BCUT2D eigenvalue weighted by molar-refractivity contribution is 6.01. The van der Waals surface area contributed by atoms with Gasteiger partial charge in [-0.1, -0.05) is 30.3 Å². The Bertz CT molecular complexity index is 955. The second kappa shape index (κ2) is 9.75. The van der Waals surface area contributed by atoms with Crippen molar-refractivity contribution in [2.24, 2.45) is 0 Å². The SMILES string of the molecule is O=C(CCC(=O)c1ccc2c(c1)NC(=O)CO2)NCC(c1ccccc1)N1CCCC1. The van der Waals surface area contributed by atoms with Crippen molar-refractivity contribution in [3.63, 3.8) is 0 Å². The number of Topliss-reactive ketones (excluding diaryl/α,β-unsaturated/α-hetero) is 1. The van der Waals surface area contributed by atoms with E-state index in [2.05, 4.69) is 27.7 Å². The summed E-state index contributed by atoms with van der Waals surface area (Å²) in [6.45, 7) is 2.57. The van der Waals surface area contributed by atoms with Gasteiger partial charge in [-0.25, -0.2) is 0 Å². The number of rotatable bonds is 8. The van der Waals surface area contributed by atoms with E-state index < -0.39 is 0 Å². The Morgan fingerprint density at radius 1 is 1.06 bits per heavy atom. The minimum Gasteiger partial charge on any atom is -0.482 e. The number of hydrogen-bond donors (Lipinski definition) is 2. The molecule has 2 heterocycles. The molecular formula is C24H27N3O4. The van der Waals surface area contributed by atoms with Crippen molar-refractivity contribution in [3.05, 3.63) is 59.7 Å². The Morgan fingerprint density at radius 3 is 2.61 bits per heavy atom. The van der Waals surface area contributed by atoms with Gasteiger partial charge >= 0.3 is 0 Å². The first kappa shape index (κ1) is 21.1. The van der Waals surface area contributed by atoms with E-state index in [1.54, 1.807) is 18.2 Å². The van der Waals surface area contributed by atoms with Crippen molar-refractivity contribution in [3.8, 4) is 5.75 Å². The Morgan fingerprint density at radius 2 is 1.84 bits per heavy atom. The van der Waals surface area contributed by atoms with Crippen LogP contribution in [-0.4, -0.2) is 48.7 Å². The predicted molar refractivity (Wildman–Crippen MR) is 117 cm³/mol.